The largest absolute Gasteiger partial charge is 0.478 e. The zero-order chi connectivity index (χ0) is 18.6. The third kappa shape index (κ3) is 4.25. The molecule has 0 atom stereocenters. The lowest BCUT2D eigenvalue weighted by atomic mass is 10.1. The van der Waals surface area contributed by atoms with Crippen molar-refractivity contribution in [2.24, 2.45) is 0 Å². The van der Waals surface area contributed by atoms with Crippen molar-refractivity contribution in [3.8, 4) is 0 Å². The van der Waals surface area contributed by atoms with Gasteiger partial charge >= 0.3 is 12.0 Å². The van der Waals surface area contributed by atoms with Crippen LogP contribution >= 0.6 is 0 Å². The number of nitro groups is 2. The number of urea groups is 1. The van der Waals surface area contributed by atoms with Crippen molar-refractivity contribution in [3.63, 3.8) is 0 Å². The van der Waals surface area contributed by atoms with Crippen LogP contribution in [0.2, 0.25) is 0 Å². The first-order chi connectivity index (χ1) is 11.8. The molecule has 0 fully saturated rings. The average molecular weight is 346 g/mol. The maximum Gasteiger partial charge on any atom is 0.337 e. The van der Waals surface area contributed by atoms with Gasteiger partial charge in [0, 0.05) is 30.0 Å². The third-order valence-corrected chi connectivity index (χ3v) is 3.03. The average Bonchev–Trinajstić information content (AvgIpc) is 2.54. The Morgan fingerprint density at radius 3 is 1.96 bits per heavy atom. The van der Waals surface area contributed by atoms with Crippen LogP contribution in [0, 0.1) is 20.2 Å². The molecule has 0 aliphatic rings. The Hall–Kier alpha value is -4.02. The van der Waals surface area contributed by atoms with Crippen molar-refractivity contribution in [1.29, 1.82) is 0 Å². The van der Waals surface area contributed by atoms with E-state index >= 15 is 0 Å². The van der Waals surface area contributed by atoms with Gasteiger partial charge in [-0.05, 0) is 18.2 Å². The molecular weight excluding hydrogens is 336 g/mol. The second kappa shape index (κ2) is 7.04. The molecule has 0 aliphatic heterocycles. The van der Waals surface area contributed by atoms with Crippen LogP contribution in [0.25, 0.3) is 0 Å². The summed E-state index contributed by atoms with van der Waals surface area (Å²) in [5.41, 5.74) is -0.940. The fourth-order valence-electron chi connectivity index (χ4n) is 1.89. The Kier molecular flexibility index (Phi) is 4.88. The van der Waals surface area contributed by atoms with E-state index in [9.17, 15) is 29.8 Å². The van der Waals surface area contributed by atoms with E-state index in [4.69, 9.17) is 5.11 Å². The number of carbonyl (C=O) groups excluding carboxylic acids is 1. The van der Waals surface area contributed by atoms with E-state index in [1.165, 1.54) is 24.3 Å². The Morgan fingerprint density at radius 2 is 1.44 bits per heavy atom. The van der Waals surface area contributed by atoms with Crippen LogP contribution in [-0.4, -0.2) is 27.0 Å². The number of benzene rings is 2. The highest BCUT2D eigenvalue weighted by Gasteiger charge is 2.17. The summed E-state index contributed by atoms with van der Waals surface area (Å²) in [6.45, 7) is 0. The summed E-state index contributed by atoms with van der Waals surface area (Å²) < 4.78 is 0. The predicted octanol–water partition coefficient (Wildman–Crippen LogP) is 2.85. The SMILES string of the molecule is O=C(Nc1ccc([N+](=O)[O-])cc1)Nc1cc([N+](=O)[O-])ccc1C(=O)O. The van der Waals surface area contributed by atoms with E-state index in [1.807, 2.05) is 0 Å². The fraction of sp³-hybridized carbons (Fsp3) is 0. The molecule has 2 aromatic carbocycles. The second-order valence-corrected chi connectivity index (χ2v) is 4.68. The topological polar surface area (TPSA) is 165 Å². The minimum atomic E-state index is -1.37. The molecule has 0 spiro atoms. The zero-order valence-electron chi connectivity index (χ0n) is 12.3. The number of hydrogen-bond donors (Lipinski definition) is 3. The molecule has 0 saturated carbocycles. The van der Waals surface area contributed by atoms with Crippen LogP contribution in [0.15, 0.2) is 42.5 Å². The van der Waals surface area contributed by atoms with Gasteiger partial charge in [-0.1, -0.05) is 0 Å². The van der Waals surface area contributed by atoms with Gasteiger partial charge in [0.05, 0.1) is 21.1 Å². The molecule has 2 aromatic rings. The van der Waals surface area contributed by atoms with Gasteiger partial charge in [-0.25, -0.2) is 9.59 Å². The van der Waals surface area contributed by atoms with Gasteiger partial charge in [0.2, 0.25) is 0 Å². The van der Waals surface area contributed by atoms with Crippen LogP contribution in [-0.2, 0) is 0 Å². The number of aromatic carboxylic acids is 1. The Labute approximate surface area is 139 Å². The molecule has 0 aromatic heterocycles. The van der Waals surface area contributed by atoms with E-state index in [-0.39, 0.29) is 22.6 Å². The van der Waals surface area contributed by atoms with Crippen molar-refractivity contribution in [2.75, 3.05) is 10.6 Å². The smallest absolute Gasteiger partial charge is 0.337 e. The number of carbonyl (C=O) groups is 2. The van der Waals surface area contributed by atoms with Crippen LogP contribution < -0.4 is 10.6 Å². The van der Waals surface area contributed by atoms with Crippen molar-refractivity contribution in [1.82, 2.24) is 0 Å². The molecule has 0 saturated heterocycles. The quantitative estimate of drug-likeness (QED) is 0.553. The van der Waals surface area contributed by atoms with Crippen LogP contribution in [0.4, 0.5) is 27.5 Å². The van der Waals surface area contributed by atoms with Crippen molar-refractivity contribution >= 4 is 34.7 Å². The molecule has 128 valence electrons. The first kappa shape index (κ1) is 17.3. The van der Waals surface area contributed by atoms with Gasteiger partial charge in [0.25, 0.3) is 11.4 Å². The summed E-state index contributed by atoms with van der Waals surface area (Å²) in [7, 11) is 0. The van der Waals surface area contributed by atoms with Crippen LogP contribution in [0.3, 0.4) is 0 Å². The molecule has 0 unspecified atom stereocenters. The first-order valence-electron chi connectivity index (χ1n) is 6.62. The number of nitrogens with one attached hydrogen (secondary N) is 2. The lowest BCUT2D eigenvalue weighted by Gasteiger charge is -2.10. The highest BCUT2D eigenvalue weighted by molar-refractivity contribution is 6.05. The van der Waals surface area contributed by atoms with E-state index in [2.05, 4.69) is 10.6 Å². The predicted molar refractivity (Wildman–Crippen MR) is 85.8 cm³/mol. The third-order valence-electron chi connectivity index (χ3n) is 3.03. The van der Waals surface area contributed by atoms with E-state index in [1.54, 1.807) is 0 Å². The number of carboxylic acid groups (broad SMARTS) is 1. The summed E-state index contributed by atoms with van der Waals surface area (Å²) in [6.07, 6.45) is 0. The maximum absolute atomic E-state index is 11.9. The molecule has 2 rings (SSSR count). The van der Waals surface area contributed by atoms with Crippen LogP contribution in [0.1, 0.15) is 10.4 Å². The number of nitro benzene ring substituents is 2. The van der Waals surface area contributed by atoms with Gasteiger partial charge in [0.1, 0.15) is 0 Å². The first-order valence-corrected chi connectivity index (χ1v) is 6.62. The van der Waals surface area contributed by atoms with Crippen molar-refractivity contribution in [3.05, 3.63) is 68.3 Å². The molecule has 2 amide bonds. The van der Waals surface area contributed by atoms with Crippen molar-refractivity contribution < 1.29 is 24.5 Å². The summed E-state index contributed by atoms with van der Waals surface area (Å²) >= 11 is 0. The number of nitrogens with zero attached hydrogens (tertiary/aromatic N) is 2. The fourth-order valence-corrected chi connectivity index (χ4v) is 1.89. The van der Waals surface area contributed by atoms with Gasteiger partial charge in [-0.3, -0.25) is 20.2 Å². The summed E-state index contributed by atoms with van der Waals surface area (Å²) in [5.74, 6) is -1.37. The molecule has 25 heavy (non-hydrogen) atoms. The van der Waals surface area contributed by atoms with Gasteiger partial charge in [-0.15, -0.1) is 0 Å². The zero-order valence-corrected chi connectivity index (χ0v) is 12.3. The van der Waals surface area contributed by atoms with E-state index < -0.39 is 27.5 Å². The minimum Gasteiger partial charge on any atom is -0.478 e. The van der Waals surface area contributed by atoms with Gasteiger partial charge in [0.15, 0.2) is 0 Å². The normalized spacial score (nSPS) is 9.92. The summed E-state index contributed by atoms with van der Waals surface area (Å²) in [5, 5.41) is 34.9. The lowest BCUT2D eigenvalue weighted by molar-refractivity contribution is -0.385. The second-order valence-electron chi connectivity index (χ2n) is 4.68. The molecule has 0 bridgehead atoms. The molecular formula is C14H10N4O7. The number of anilines is 2. The molecule has 0 radical (unpaired) electrons. The van der Waals surface area contributed by atoms with Crippen molar-refractivity contribution in [2.45, 2.75) is 0 Å². The standard InChI is InChI=1S/C14H10N4O7/c19-13(20)11-6-5-10(18(24)25)7-12(11)16-14(21)15-8-1-3-9(4-2-8)17(22)23/h1-7H,(H,19,20)(H2,15,16,21). The highest BCUT2D eigenvalue weighted by Crippen LogP contribution is 2.23. The Bertz CT molecular complexity index is 864. The minimum absolute atomic E-state index is 0.169. The summed E-state index contributed by atoms with van der Waals surface area (Å²) in [4.78, 5) is 43.1. The Morgan fingerprint density at radius 1 is 0.880 bits per heavy atom. The summed E-state index contributed by atoms with van der Waals surface area (Å²) in [6, 6.07) is 6.96. The number of amides is 2. The molecule has 0 aliphatic carbocycles. The molecule has 0 heterocycles. The van der Waals surface area contributed by atoms with Gasteiger partial charge < -0.3 is 15.7 Å². The lowest BCUT2D eigenvalue weighted by Crippen LogP contribution is -2.21. The van der Waals surface area contributed by atoms with E-state index in [0.717, 1.165) is 18.2 Å². The number of rotatable bonds is 5. The Balaban J connectivity index is 2.19. The maximum atomic E-state index is 11.9. The number of carboxylic acids is 1. The molecule has 11 heteroatoms. The molecule has 3 N–H and O–H groups in total. The van der Waals surface area contributed by atoms with E-state index in [0.29, 0.717) is 0 Å². The van der Waals surface area contributed by atoms with Gasteiger partial charge in [-0.2, -0.15) is 0 Å². The monoisotopic (exact) mass is 346 g/mol. The van der Waals surface area contributed by atoms with Crippen LogP contribution in [0.5, 0.6) is 0 Å². The number of non-ortho nitro benzene ring substituents is 2. The number of hydrogen-bond acceptors (Lipinski definition) is 6. The highest BCUT2D eigenvalue weighted by atomic mass is 16.6. The molecule has 11 nitrogen and oxygen atoms in total.